The van der Waals surface area contributed by atoms with E-state index in [0.717, 1.165) is 37.5 Å². The van der Waals surface area contributed by atoms with E-state index < -0.39 is 5.91 Å². The van der Waals surface area contributed by atoms with Crippen molar-refractivity contribution < 1.29 is 4.79 Å². The highest BCUT2D eigenvalue weighted by Gasteiger charge is 2.27. The highest BCUT2D eigenvalue weighted by Crippen LogP contribution is 2.35. The molecule has 1 atom stereocenters. The number of aromatic nitrogens is 1. The van der Waals surface area contributed by atoms with Gasteiger partial charge in [0.1, 0.15) is 0 Å². The summed E-state index contributed by atoms with van der Waals surface area (Å²) in [5, 5.41) is 0. The summed E-state index contributed by atoms with van der Waals surface area (Å²) in [6.45, 7) is 8.90. The molecule has 0 aromatic carbocycles. The Hall–Kier alpha value is -1.58. The summed E-state index contributed by atoms with van der Waals surface area (Å²) in [5.41, 5.74) is 7.26. The summed E-state index contributed by atoms with van der Waals surface area (Å²) < 4.78 is 0. The fourth-order valence-electron chi connectivity index (χ4n) is 3.06. The molecule has 0 saturated carbocycles. The number of nitrogens with two attached hydrogens (primary N) is 1. The van der Waals surface area contributed by atoms with Gasteiger partial charge in [0.05, 0.1) is 11.3 Å². The van der Waals surface area contributed by atoms with Gasteiger partial charge in [-0.05, 0) is 36.7 Å². The van der Waals surface area contributed by atoms with Crippen molar-refractivity contribution in [2.45, 2.75) is 40.0 Å². The molecule has 4 heteroatoms. The highest BCUT2D eigenvalue weighted by atomic mass is 16.1. The van der Waals surface area contributed by atoms with E-state index in [0.29, 0.717) is 11.0 Å². The molecule has 20 heavy (non-hydrogen) atoms. The Morgan fingerprint density at radius 1 is 1.35 bits per heavy atom. The SMILES string of the molecule is CC(C)(C)C1CCCN(c2ccncc2C(N)=O)CC1. The van der Waals surface area contributed by atoms with Gasteiger partial charge in [-0.2, -0.15) is 0 Å². The van der Waals surface area contributed by atoms with Crippen LogP contribution in [0.3, 0.4) is 0 Å². The molecule has 2 rings (SSSR count). The molecule has 4 nitrogen and oxygen atoms in total. The third kappa shape index (κ3) is 3.30. The molecular formula is C16H25N3O. The zero-order valence-electron chi connectivity index (χ0n) is 12.7. The maximum absolute atomic E-state index is 11.5. The Bertz CT molecular complexity index is 479. The van der Waals surface area contributed by atoms with Crippen LogP contribution >= 0.6 is 0 Å². The van der Waals surface area contributed by atoms with Crippen molar-refractivity contribution in [3.63, 3.8) is 0 Å². The fraction of sp³-hybridized carbons (Fsp3) is 0.625. The molecule has 0 bridgehead atoms. The monoisotopic (exact) mass is 275 g/mol. The van der Waals surface area contributed by atoms with E-state index in [1.807, 2.05) is 6.07 Å². The van der Waals surface area contributed by atoms with Crippen LogP contribution in [0.25, 0.3) is 0 Å². The summed E-state index contributed by atoms with van der Waals surface area (Å²) in [7, 11) is 0. The quantitative estimate of drug-likeness (QED) is 0.903. The van der Waals surface area contributed by atoms with Gasteiger partial charge in [-0.1, -0.05) is 20.8 Å². The third-order valence-electron chi connectivity index (χ3n) is 4.36. The molecule has 1 aliphatic rings. The second kappa shape index (κ2) is 5.81. The van der Waals surface area contributed by atoms with Gasteiger partial charge in [0.15, 0.2) is 0 Å². The molecule has 1 aliphatic heterocycles. The molecule has 1 unspecified atom stereocenters. The maximum atomic E-state index is 11.5. The Balaban J connectivity index is 2.17. The van der Waals surface area contributed by atoms with Gasteiger partial charge in [-0.25, -0.2) is 0 Å². The number of pyridine rings is 1. The Morgan fingerprint density at radius 3 is 2.75 bits per heavy atom. The Kier molecular flexibility index (Phi) is 4.31. The zero-order chi connectivity index (χ0) is 14.8. The van der Waals surface area contributed by atoms with E-state index in [2.05, 4.69) is 30.7 Å². The standard InChI is InChI=1S/C16H25N3O/c1-16(2,3)12-5-4-9-19(10-7-12)14-6-8-18-11-13(14)15(17)20/h6,8,11-12H,4-5,7,9-10H2,1-3H3,(H2,17,20). The van der Waals surface area contributed by atoms with E-state index in [-0.39, 0.29) is 0 Å². The molecule has 1 aromatic heterocycles. The zero-order valence-corrected chi connectivity index (χ0v) is 12.7. The van der Waals surface area contributed by atoms with Crippen LogP contribution < -0.4 is 10.6 Å². The summed E-state index contributed by atoms with van der Waals surface area (Å²) in [6, 6.07) is 1.90. The van der Waals surface area contributed by atoms with E-state index in [1.54, 1.807) is 12.4 Å². The fourth-order valence-corrected chi connectivity index (χ4v) is 3.06. The van der Waals surface area contributed by atoms with Crippen LogP contribution in [0.4, 0.5) is 5.69 Å². The Morgan fingerprint density at radius 2 is 2.10 bits per heavy atom. The summed E-state index contributed by atoms with van der Waals surface area (Å²) in [4.78, 5) is 17.8. The van der Waals surface area contributed by atoms with E-state index >= 15 is 0 Å². The van der Waals surface area contributed by atoms with Crippen molar-refractivity contribution in [3.05, 3.63) is 24.0 Å². The lowest BCUT2D eigenvalue weighted by atomic mass is 9.77. The van der Waals surface area contributed by atoms with E-state index in [1.165, 1.54) is 6.42 Å². The first-order chi connectivity index (χ1) is 9.39. The molecule has 1 amide bonds. The normalized spacial score (nSPS) is 20.6. The Labute approximate surface area is 121 Å². The number of carbonyl (C=O) groups excluding carboxylic acids is 1. The molecule has 1 aromatic rings. The van der Waals surface area contributed by atoms with Crippen LogP contribution in [0.1, 0.15) is 50.4 Å². The maximum Gasteiger partial charge on any atom is 0.252 e. The van der Waals surface area contributed by atoms with Crippen molar-refractivity contribution >= 4 is 11.6 Å². The average Bonchev–Trinajstić information content (AvgIpc) is 2.63. The van der Waals surface area contributed by atoms with Crippen LogP contribution in [0.5, 0.6) is 0 Å². The van der Waals surface area contributed by atoms with E-state index in [9.17, 15) is 4.79 Å². The van der Waals surface area contributed by atoms with Crippen LogP contribution in [-0.4, -0.2) is 24.0 Å². The molecule has 0 aliphatic carbocycles. The second-order valence-electron chi connectivity index (χ2n) is 6.74. The second-order valence-corrected chi connectivity index (χ2v) is 6.74. The lowest BCUT2D eigenvalue weighted by Gasteiger charge is -2.30. The van der Waals surface area contributed by atoms with Gasteiger partial charge in [-0.15, -0.1) is 0 Å². The highest BCUT2D eigenvalue weighted by molar-refractivity contribution is 5.98. The van der Waals surface area contributed by atoms with Crippen LogP contribution in [-0.2, 0) is 0 Å². The first-order valence-electron chi connectivity index (χ1n) is 7.38. The first-order valence-corrected chi connectivity index (χ1v) is 7.38. The number of hydrogen-bond donors (Lipinski definition) is 1. The first kappa shape index (κ1) is 14.8. The molecule has 0 radical (unpaired) electrons. The van der Waals surface area contributed by atoms with E-state index in [4.69, 9.17) is 5.73 Å². The van der Waals surface area contributed by atoms with Crippen LogP contribution in [0, 0.1) is 11.3 Å². The minimum Gasteiger partial charge on any atom is -0.371 e. The number of hydrogen-bond acceptors (Lipinski definition) is 3. The number of rotatable bonds is 2. The van der Waals surface area contributed by atoms with Crippen molar-refractivity contribution in [1.82, 2.24) is 4.98 Å². The van der Waals surface area contributed by atoms with Crippen molar-refractivity contribution in [3.8, 4) is 0 Å². The van der Waals surface area contributed by atoms with Gasteiger partial charge < -0.3 is 10.6 Å². The molecule has 0 spiro atoms. The van der Waals surface area contributed by atoms with Crippen molar-refractivity contribution in [1.29, 1.82) is 0 Å². The van der Waals surface area contributed by atoms with Gasteiger partial charge in [0.2, 0.25) is 0 Å². The average molecular weight is 275 g/mol. The smallest absolute Gasteiger partial charge is 0.252 e. The van der Waals surface area contributed by atoms with Crippen molar-refractivity contribution in [2.24, 2.45) is 17.1 Å². The molecule has 1 fully saturated rings. The lowest BCUT2D eigenvalue weighted by Crippen LogP contribution is -2.28. The molecule has 1 saturated heterocycles. The minimum absolute atomic E-state index is 0.348. The number of carbonyl (C=O) groups is 1. The predicted octanol–water partition coefficient (Wildman–Crippen LogP) is 2.83. The lowest BCUT2D eigenvalue weighted by molar-refractivity contribution is 0.100. The molecule has 2 N–H and O–H groups in total. The number of anilines is 1. The number of nitrogens with zero attached hydrogens (tertiary/aromatic N) is 2. The predicted molar refractivity (Wildman–Crippen MR) is 81.8 cm³/mol. The van der Waals surface area contributed by atoms with Gasteiger partial charge in [-0.3, -0.25) is 9.78 Å². The molecule has 110 valence electrons. The van der Waals surface area contributed by atoms with Gasteiger partial charge in [0, 0.05) is 25.5 Å². The van der Waals surface area contributed by atoms with Crippen LogP contribution in [0.15, 0.2) is 18.5 Å². The third-order valence-corrected chi connectivity index (χ3v) is 4.36. The number of primary amides is 1. The number of amides is 1. The summed E-state index contributed by atoms with van der Waals surface area (Å²) in [5.74, 6) is 0.330. The van der Waals surface area contributed by atoms with Gasteiger partial charge in [0.25, 0.3) is 5.91 Å². The minimum atomic E-state index is -0.398. The van der Waals surface area contributed by atoms with Crippen molar-refractivity contribution in [2.75, 3.05) is 18.0 Å². The summed E-state index contributed by atoms with van der Waals surface area (Å²) >= 11 is 0. The van der Waals surface area contributed by atoms with Crippen LogP contribution in [0.2, 0.25) is 0 Å². The topological polar surface area (TPSA) is 59.2 Å². The molecular weight excluding hydrogens is 250 g/mol. The van der Waals surface area contributed by atoms with Gasteiger partial charge >= 0.3 is 0 Å². The summed E-state index contributed by atoms with van der Waals surface area (Å²) in [6.07, 6.45) is 6.86. The largest absolute Gasteiger partial charge is 0.371 e. The molecule has 2 heterocycles.